The van der Waals surface area contributed by atoms with Crippen molar-refractivity contribution < 1.29 is 8.78 Å². The molecule has 0 aliphatic heterocycles. The predicted molar refractivity (Wildman–Crippen MR) is 69.4 cm³/mol. The second kappa shape index (κ2) is 5.09. The van der Waals surface area contributed by atoms with Crippen LogP contribution in [0.4, 0.5) is 20.3 Å². The molecule has 2 N–H and O–H groups in total. The van der Waals surface area contributed by atoms with E-state index in [4.69, 9.17) is 12.2 Å². The summed E-state index contributed by atoms with van der Waals surface area (Å²) in [5.74, 6) is -0.806. The maximum Gasteiger partial charge on any atom is 0.176 e. The molecular weight excluding hydrogens is 258 g/mol. The highest BCUT2D eigenvalue weighted by molar-refractivity contribution is 7.80. The fraction of sp³-hybridized carbons (Fsp3) is 0.0909. The van der Waals surface area contributed by atoms with Gasteiger partial charge in [-0.25, -0.2) is 8.78 Å². The molecule has 2 aromatic rings. The number of hydrogen-bond acceptors (Lipinski definition) is 2. The minimum Gasteiger partial charge on any atom is -0.330 e. The molecule has 2 rings (SSSR count). The maximum absolute atomic E-state index is 13.3. The van der Waals surface area contributed by atoms with Crippen molar-refractivity contribution in [3.05, 3.63) is 42.1 Å². The van der Waals surface area contributed by atoms with Crippen LogP contribution in [-0.2, 0) is 7.05 Å². The summed E-state index contributed by atoms with van der Waals surface area (Å²) < 4.78 is 27.7. The maximum atomic E-state index is 13.3. The minimum atomic E-state index is -0.708. The fourth-order valence-electron chi connectivity index (χ4n) is 1.34. The molecule has 1 aromatic heterocycles. The zero-order chi connectivity index (χ0) is 13.1. The number of benzene rings is 1. The van der Waals surface area contributed by atoms with Crippen LogP contribution in [0.1, 0.15) is 0 Å². The van der Waals surface area contributed by atoms with Crippen LogP contribution in [0.5, 0.6) is 0 Å². The molecule has 1 heterocycles. The van der Waals surface area contributed by atoms with Gasteiger partial charge in [-0.15, -0.1) is 0 Å². The van der Waals surface area contributed by atoms with Crippen LogP contribution in [0.3, 0.4) is 0 Å². The minimum absolute atomic E-state index is 0.102. The van der Waals surface area contributed by atoms with Crippen LogP contribution >= 0.6 is 12.2 Å². The molecule has 7 heteroatoms. The van der Waals surface area contributed by atoms with Gasteiger partial charge in [0.05, 0.1) is 5.69 Å². The van der Waals surface area contributed by atoms with E-state index in [0.29, 0.717) is 5.82 Å². The highest BCUT2D eigenvalue weighted by Crippen LogP contribution is 2.15. The van der Waals surface area contributed by atoms with Gasteiger partial charge in [0.1, 0.15) is 11.6 Å². The molecule has 0 aliphatic rings. The van der Waals surface area contributed by atoms with E-state index in [2.05, 4.69) is 15.7 Å². The highest BCUT2D eigenvalue weighted by atomic mass is 32.1. The lowest BCUT2D eigenvalue weighted by Gasteiger charge is -2.09. The average molecular weight is 268 g/mol. The van der Waals surface area contributed by atoms with E-state index in [1.165, 1.54) is 6.07 Å². The molecule has 0 saturated heterocycles. The lowest BCUT2D eigenvalue weighted by atomic mass is 10.3. The first-order valence-electron chi connectivity index (χ1n) is 5.07. The third-order valence-corrected chi connectivity index (χ3v) is 2.34. The molecular formula is C11H10F2N4S. The van der Waals surface area contributed by atoms with Crippen LogP contribution in [0.2, 0.25) is 0 Å². The zero-order valence-electron chi connectivity index (χ0n) is 9.45. The first-order chi connectivity index (χ1) is 8.54. The third kappa shape index (κ3) is 3.01. The number of hydrogen-bond donors (Lipinski definition) is 2. The molecule has 0 radical (unpaired) electrons. The molecule has 94 valence electrons. The summed E-state index contributed by atoms with van der Waals surface area (Å²) in [6.07, 6.45) is 1.74. The molecule has 0 amide bonds. The second-order valence-electron chi connectivity index (χ2n) is 3.58. The van der Waals surface area contributed by atoms with Crippen molar-refractivity contribution in [3.8, 4) is 0 Å². The van der Waals surface area contributed by atoms with Gasteiger partial charge in [0.25, 0.3) is 0 Å². The Hall–Kier alpha value is -2.02. The molecule has 18 heavy (non-hydrogen) atoms. The van der Waals surface area contributed by atoms with Crippen LogP contribution in [0, 0.1) is 11.6 Å². The molecule has 0 unspecified atom stereocenters. The molecule has 0 bridgehead atoms. The smallest absolute Gasteiger partial charge is 0.176 e. The van der Waals surface area contributed by atoms with Gasteiger partial charge in [0, 0.05) is 25.4 Å². The molecule has 4 nitrogen and oxygen atoms in total. The van der Waals surface area contributed by atoms with Crippen molar-refractivity contribution in [3.63, 3.8) is 0 Å². The highest BCUT2D eigenvalue weighted by Gasteiger charge is 2.06. The topological polar surface area (TPSA) is 41.9 Å². The van der Waals surface area contributed by atoms with Gasteiger partial charge in [-0.3, -0.25) is 4.68 Å². The Balaban J connectivity index is 2.03. The van der Waals surface area contributed by atoms with Crippen molar-refractivity contribution >= 4 is 28.8 Å². The van der Waals surface area contributed by atoms with E-state index in [1.807, 2.05) is 0 Å². The van der Waals surface area contributed by atoms with Gasteiger partial charge in [0.15, 0.2) is 10.9 Å². The first-order valence-corrected chi connectivity index (χ1v) is 5.48. The van der Waals surface area contributed by atoms with Crippen molar-refractivity contribution in [2.75, 3.05) is 10.6 Å². The van der Waals surface area contributed by atoms with Gasteiger partial charge in [-0.2, -0.15) is 5.10 Å². The molecule has 0 fully saturated rings. The summed E-state index contributed by atoms with van der Waals surface area (Å²) in [7, 11) is 1.77. The summed E-state index contributed by atoms with van der Waals surface area (Å²) in [6, 6.07) is 4.92. The van der Waals surface area contributed by atoms with E-state index < -0.39 is 11.6 Å². The number of thiocarbonyl (C=S) groups is 1. The van der Waals surface area contributed by atoms with E-state index in [0.717, 1.165) is 12.1 Å². The number of nitrogens with one attached hydrogen (secondary N) is 2. The van der Waals surface area contributed by atoms with Crippen molar-refractivity contribution in [2.24, 2.45) is 7.05 Å². The van der Waals surface area contributed by atoms with Gasteiger partial charge >= 0.3 is 0 Å². The third-order valence-electron chi connectivity index (χ3n) is 2.13. The van der Waals surface area contributed by atoms with Crippen LogP contribution in [-0.4, -0.2) is 14.9 Å². The monoisotopic (exact) mass is 268 g/mol. The van der Waals surface area contributed by atoms with Gasteiger partial charge in [-0.05, 0) is 24.4 Å². The first kappa shape index (κ1) is 12.4. The van der Waals surface area contributed by atoms with E-state index in [9.17, 15) is 8.78 Å². The number of anilines is 2. The number of rotatable bonds is 2. The quantitative estimate of drug-likeness (QED) is 0.821. The molecule has 0 saturated carbocycles. The molecule has 0 atom stereocenters. The molecule has 0 aliphatic carbocycles. The van der Waals surface area contributed by atoms with E-state index >= 15 is 0 Å². The number of nitrogens with zero attached hydrogens (tertiary/aromatic N) is 2. The Morgan fingerprint density at radius 1 is 1.28 bits per heavy atom. The fourth-order valence-corrected chi connectivity index (χ4v) is 1.56. The summed E-state index contributed by atoms with van der Waals surface area (Å²) in [6.45, 7) is 0. The van der Waals surface area contributed by atoms with Crippen molar-refractivity contribution in [2.45, 2.75) is 0 Å². The van der Waals surface area contributed by atoms with Crippen LogP contribution in [0.15, 0.2) is 30.5 Å². The van der Waals surface area contributed by atoms with E-state index in [1.54, 1.807) is 24.0 Å². The lowest BCUT2D eigenvalue weighted by Crippen LogP contribution is -2.20. The summed E-state index contributed by atoms with van der Waals surface area (Å²) in [5, 5.41) is 9.64. The Labute approximate surface area is 108 Å². The van der Waals surface area contributed by atoms with Gasteiger partial charge < -0.3 is 10.6 Å². The number of aromatic nitrogens is 2. The Bertz CT molecular complexity index is 582. The largest absolute Gasteiger partial charge is 0.330 e. The zero-order valence-corrected chi connectivity index (χ0v) is 10.3. The Morgan fingerprint density at radius 3 is 2.67 bits per heavy atom. The molecule has 0 spiro atoms. The van der Waals surface area contributed by atoms with Crippen LogP contribution in [0.25, 0.3) is 0 Å². The summed E-state index contributed by atoms with van der Waals surface area (Å²) in [4.78, 5) is 0. The summed E-state index contributed by atoms with van der Waals surface area (Å²) >= 11 is 4.99. The van der Waals surface area contributed by atoms with Gasteiger partial charge in [0.2, 0.25) is 0 Å². The number of aryl methyl sites for hydroxylation is 1. The van der Waals surface area contributed by atoms with E-state index in [-0.39, 0.29) is 10.8 Å². The number of halogens is 2. The lowest BCUT2D eigenvalue weighted by molar-refractivity contribution is 0.586. The average Bonchev–Trinajstić information content (AvgIpc) is 2.68. The Kier molecular flexibility index (Phi) is 3.52. The SMILES string of the molecule is Cn1ccc(NC(=S)Nc2ccc(F)cc2F)n1. The second-order valence-corrected chi connectivity index (χ2v) is 3.99. The standard InChI is InChI=1S/C11H10F2N4S/c1-17-5-4-10(16-17)15-11(18)14-9-3-2-7(12)6-8(9)13/h2-6H,1H3,(H2,14,15,16,18). The Morgan fingerprint density at radius 2 is 2.06 bits per heavy atom. The van der Waals surface area contributed by atoms with Crippen molar-refractivity contribution in [1.29, 1.82) is 0 Å². The summed E-state index contributed by atoms with van der Waals surface area (Å²) in [5.41, 5.74) is 0.102. The predicted octanol–water partition coefficient (Wildman–Crippen LogP) is 2.51. The normalized spacial score (nSPS) is 10.2. The van der Waals surface area contributed by atoms with Crippen LogP contribution < -0.4 is 10.6 Å². The van der Waals surface area contributed by atoms with Crippen molar-refractivity contribution in [1.82, 2.24) is 9.78 Å². The molecule has 1 aromatic carbocycles. The van der Waals surface area contributed by atoms with Gasteiger partial charge in [-0.1, -0.05) is 0 Å².